The van der Waals surface area contributed by atoms with Crippen molar-refractivity contribution in [2.24, 2.45) is 0 Å². The third-order valence-corrected chi connectivity index (χ3v) is 5.74. The summed E-state index contributed by atoms with van der Waals surface area (Å²) in [5.74, 6) is 0.816. The van der Waals surface area contributed by atoms with Crippen LogP contribution in [0.5, 0.6) is 5.75 Å². The van der Waals surface area contributed by atoms with Crippen LogP contribution in [0.1, 0.15) is 28.1 Å². The number of methoxy groups -OCH3 is 1. The molecule has 1 atom stereocenters. The predicted octanol–water partition coefficient (Wildman–Crippen LogP) is 3.44. The van der Waals surface area contributed by atoms with E-state index in [0.717, 1.165) is 38.5 Å². The number of anilines is 2. The van der Waals surface area contributed by atoms with Crippen molar-refractivity contribution in [3.8, 4) is 5.75 Å². The predicted molar refractivity (Wildman–Crippen MR) is 119 cm³/mol. The van der Waals surface area contributed by atoms with E-state index in [-0.39, 0.29) is 12.0 Å². The van der Waals surface area contributed by atoms with Crippen LogP contribution in [0.2, 0.25) is 0 Å². The second kappa shape index (κ2) is 9.40. The molecule has 0 saturated carbocycles. The molecule has 1 amide bonds. The molecule has 3 heterocycles. The largest absolute Gasteiger partial charge is 0.497 e. The first-order valence-corrected chi connectivity index (χ1v) is 10.9. The number of ether oxygens (including phenoxy) is 2. The number of carbonyl (C=O) groups is 1. The highest BCUT2D eigenvalue weighted by molar-refractivity contribution is 7.15. The number of nitrogens with one attached hydrogen (secondary N) is 1. The molecule has 1 aromatic carbocycles. The Kier molecular flexibility index (Phi) is 6.43. The van der Waals surface area contributed by atoms with Gasteiger partial charge in [0.2, 0.25) is 11.0 Å². The number of amides is 1. The summed E-state index contributed by atoms with van der Waals surface area (Å²) in [5.41, 5.74) is 3.47. The number of morpholine rings is 1. The van der Waals surface area contributed by atoms with Crippen LogP contribution in [0.15, 0.2) is 36.4 Å². The van der Waals surface area contributed by atoms with E-state index in [0.29, 0.717) is 26.1 Å². The lowest BCUT2D eigenvalue weighted by Crippen LogP contribution is -2.43. The molecule has 1 fully saturated rings. The summed E-state index contributed by atoms with van der Waals surface area (Å²) in [4.78, 5) is 19.4. The van der Waals surface area contributed by atoms with Crippen molar-refractivity contribution in [2.75, 3.05) is 32.1 Å². The molecule has 1 aliphatic heterocycles. The molecular formula is C22H25N5O3S. The molecule has 0 unspecified atom stereocenters. The van der Waals surface area contributed by atoms with Gasteiger partial charge in [-0.2, -0.15) is 0 Å². The number of rotatable bonds is 6. The molecule has 162 valence electrons. The molecule has 8 nitrogen and oxygen atoms in total. The molecule has 1 aliphatic rings. The van der Waals surface area contributed by atoms with Gasteiger partial charge < -0.3 is 19.7 Å². The van der Waals surface area contributed by atoms with Crippen molar-refractivity contribution in [3.05, 3.63) is 58.4 Å². The molecule has 4 rings (SSSR count). The van der Waals surface area contributed by atoms with E-state index in [1.54, 1.807) is 7.11 Å². The SMILES string of the molecule is COc1cccc(CC(=O)N2CCO[C@H](c3cc(Nc4nnc(C)s4)cc(C)n3)C2)c1. The molecule has 1 N–H and O–H groups in total. The van der Waals surface area contributed by atoms with Gasteiger partial charge in [-0.15, -0.1) is 10.2 Å². The minimum absolute atomic E-state index is 0.0666. The van der Waals surface area contributed by atoms with Gasteiger partial charge in [-0.25, -0.2) is 0 Å². The molecule has 0 spiro atoms. The van der Waals surface area contributed by atoms with Gasteiger partial charge in [0, 0.05) is 17.9 Å². The van der Waals surface area contributed by atoms with Crippen molar-refractivity contribution in [1.29, 1.82) is 0 Å². The highest BCUT2D eigenvalue weighted by Gasteiger charge is 2.27. The fraction of sp³-hybridized carbons (Fsp3) is 0.364. The number of aromatic nitrogens is 3. The van der Waals surface area contributed by atoms with Gasteiger partial charge in [0.1, 0.15) is 16.9 Å². The van der Waals surface area contributed by atoms with Gasteiger partial charge in [0.05, 0.1) is 32.4 Å². The van der Waals surface area contributed by atoms with Crippen LogP contribution >= 0.6 is 11.3 Å². The highest BCUT2D eigenvalue weighted by Crippen LogP contribution is 2.27. The smallest absolute Gasteiger partial charge is 0.227 e. The fourth-order valence-corrected chi connectivity index (χ4v) is 4.14. The van der Waals surface area contributed by atoms with E-state index in [2.05, 4.69) is 20.5 Å². The zero-order valence-corrected chi connectivity index (χ0v) is 18.6. The molecule has 3 aromatic rings. The fourth-order valence-electron chi connectivity index (χ4n) is 3.53. The molecule has 2 aromatic heterocycles. The summed E-state index contributed by atoms with van der Waals surface area (Å²) in [7, 11) is 1.62. The lowest BCUT2D eigenvalue weighted by Gasteiger charge is -2.33. The Labute approximate surface area is 185 Å². The number of carbonyl (C=O) groups excluding carboxylic acids is 1. The molecule has 1 saturated heterocycles. The van der Waals surface area contributed by atoms with E-state index >= 15 is 0 Å². The summed E-state index contributed by atoms with van der Waals surface area (Å²) in [6, 6.07) is 11.5. The Morgan fingerprint density at radius 2 is 2.16 bits per heavy atom. The van der Waals surface area contributed by atoms with Crippen molar-refractivity contribution in [1.82, 2.24) is 20.1 Å². The van der Waals surface area contributed by atoms with Gasteiger partial charge in [0.25, 0.3) is 0 Å². The van der Waals surface area contributed by atoms with E-state index in [4.69, 9.17) is 9.47 Å². The second-order valence-corrected chi connectivity index (χ2v) is 8.58. The highest BCUT2D eigenvalue weighted by atomic mass is 32.1. The molecule has 0 bridgehead atoms. The Hall–Kier alpha value is -3.04. The average Bonchev–Trinajstić information content (AvgIpc) is 3.18. The van der Waals surface area contributed by atoms with Gasteiger partial charge >= 0.3 is 0 Å². The van der Waals surface area contributed by atoms with Crippen molar-refractivity contribution < 1.29 is 14.3 Å². The minimum Gasteiger partial charge on any atom is -0.497 e. The third-order valence-electron chi connectivity index (χ3n) is 4.99. The first-order valence-electron chi connectivity index (χ1n) is 10.1. The zero-order chi connectivity index (χ0) is 21.8. The number of aryl methyl sites for hydroxylation is 2. The maximum absolute atomic E-state index is 12.9. The van der Waals surface area contributed by atoms with Crippen LogP contribution in [0, 0.1) is 13.8 Å². The third kappa shape index (κ3) is 5.36. The molecular weight excluding hydrogens is 414 g/mol. The normalized spacial score (nSPS) is 16.2. The van der Waals surface area contributed by atoms with E-state index in [9.17, 15) is 4.79 Å². The average molecular weight is 440 g/mol. The Bertz CT molecular complexity index is 1070. The van der Waals surface area contributed by atoms with Crippen molar-refractivity contribution in [2.45, 2.75) is 26.4 Å². The number of hydrogen-bond acceptors (Lipinski definition) is 8. The quantitative estimate of drug-likeness (QED) is 0.629. The summed E-state index contributed by atoms with van der Waals surface area (Å²) >= 11 is 1.49. The number of nitrogens with zero attached hydrogens (tertiary/aromatic N) is 4. The van der Waals surface area contributed by atoms with Crippen LogP contribution < -0.4 is 10.1 Å². The Balaban J connectivity index is 1.45. The minimum atomic E-state index is -0.278. The van der Waals surface area contributed by atoms with Crippen LogP contribution in [0.4, 0.5) is 10.8 Å². The van der Waals surface area contributed by atoms with Crippen LogP contribution in [0.25, 0.3) is 0 Å². The van der Waals surface area contributed by atoms with Crippen LogP contribution in [0.3, 0.4) is 0 Å². The van der Waals surface area contributed by atoms with Gasteiger partial charge in [0.15, 0.2) is 0 Å². The summed E-state index contributed by atoms with van der Waals surface area (Å²) in [5, 5.41) is 13.1. The van der Waals surface area contributed by atoms with E-state index in [1.807, 2.05) is 55.1 Å². The van der Waals surface area contributed by atoms with Crippen LogP contribution in [-0.2, 0) is 16.0 Å². The molecule has 0 radical (unpaired) electrons. The van der Waals surface area contributed by atoms with Gasteiger partial charge in [-0.3, -0.25) is 9.78 Å². The van der Waals surface area contributed by atoms with E-state index in [1.165, 1.54) is 11.3 Å². The first-order chi connectivity index (χ1) is 15.0. The summed E-state index contributed by atoms with van der Waals surface area (Å²) < 4.78 is 11.2. The lowest BCUT2D eigenvalue weighted by atomic mass is 10.1. The maximum atomic E-state index is 12.9. The topological polar surface area (TPSA) is 89.5 Å². The summed E-state index contributed by atoms with van der Waals surface area (Å²) in [6.45, 7) is 5.37. The van der Waals surface area contributed by atoms with Gasteiger partial charge in [-0.1, -0.05) is 23.5 Å². The monoisotopic (exact) mass is 439 g/mol. The standard InChI is InChI=1S/C22H25N5O3S/c1-14-9-17(24-22-26-25-15(2)31-22)12-19(23-14)20-13-27(7-8-30-20)21(28)11-16-5-4-6-18(10-16)29-3/h4-6,9-10,12,20H,7-8,11,13H2,1-3H3,(H,23,24,26)/t20-/m0/s1. The Morgan fingerprint density at radius 3 is 2.94 bits per heavy atom. The number of benzene rings is 1. The lowest BCUT2D eigenvalue weighted by molar-refractivity contribution is -0.138. The number of hydrogen-bond donors (Lipinski definition) is 1. The zero-order valence-electron chi connectivity index (χ0n) is 17.8. The van der Waals surface area contributed by atoms with Gasteiger partial charge in [-0.05, 0) is 43.7 Å². The first kappa shape index (κ1) is 21.2. The maximum Gasteiger partial charge on any atom is 0.227 e. The summed E-state index contributed by atoms with van der Waals surface area (Å²) in [6.07, 6.45) is 0.0496. The van der Waals surface area contributed by atoms with Crippen molar-refractivity contribution >= 4 is 28.1 Å². The molecule has 31 heavy (non-hydrogen) atoms. The van der Waals surface area contributed by atoms with Crippen molar-refractivity contribution in [3.63, 3.8) is 0 Å². The second-order valence-electron chi connectivity index (χ2n) is 7.40. The number of pyridine rings is 1. The van der Waals surface area contributed by atoms with E-state index < -0.39 is 0 Å². The Morgan fingerprint density at radius 1 is 1.29 bits per heavy atom. The van der Waals surface area contributed by atoms with Crippen LogP contribution in [-0.4, -0.2) is 52.8 Å². The molecule has 9 heteroatoms. The molecule has 0 aliphatic carbocycles.